The van der Waals surface area contributed by atoms with Crippen LogP contribution in [-0.4, -0.2) is 20.1 Å². The highest BCUT2D eigenvalue weighted by atomic mass is 19.1. The molecule has 7 heteroatoms. The molecule has 0 bridgehead atoms. The average Bonchev–Trinajstić information content (AvgIpc) is 2.60. The second kappa shape index (κ2) is 8.11. The molecular formula is C18H16F2N2O3. The molecule has 0 saturated carbocycles. The summed E-state index contributed by atoms with van der Waals surface area (Å²) in [4.78, 5) is 12.3. The molecule has 2 rings (SSSR count). The molecule has 0 aliphatic heterocycles. The van der Waals surface area contributed by atoms with Crippen LogP contribution in [0.2, 0.25) is 0 Å². The molecule has 1 atom stereocenters. The van der Waals surface area contributed by atoms with E-state index in [1.54, 1.807) is 24.3 Å². The lowest BCUT2D eigenvalue weighted by molar-refractivity contribution is -0.120. The third-order valence-electron chi connectivity index (χ3n) is 3.58. The molecule has 0 heterocycles. The van der Waals surface area contributed by atoms with Gasteiger partial charge >= 0.3 is 0 Å². The fraction of sp³-hybridized carbons (Fsp3) is 0.222. The third kappa shape index (κ3) is 4.23. The van der Waals surface area contributed by atoms with Crippen LogP contribution in [0.1, 0.15) is 17.2 Å². The van der Waals surface area contributed by atoms with Gasteiger partial charge in [-0.05, 0) is 18.2 Å². The number of carbonyl (C=O) groups is 1. The molecule has 0 aliphatic rings. The van der Waals surface area contributed by atoms with Gasteiger partial charge in [0.15, 0.2) is 0 Å². The van der Waals surface area contributed by atoms with Crippen molar-refractivity contribution in [3.8, 4) is 17.6 Å². The average molecular weight is 346 g/mol. The zero-order valence-electron chi connectivity index (χ0n) is 13.7. The highest BCUT2D eigenvalue weighted by molar-refractivity contribution is 5.81. The minimum atomic E-state index is -1.24. The molecule has 1 N–H and O–H groups in total. The van der Waals surface area contributed by atoms with E-state index < -0.39 is 23.6 Å². The maximum absolute atomic E-state index is 13.8. The highest BCUT2D eigenvalue weighted by Crippen LogP contribution is 2.29. The van der Waals surface area contributed by atoms with Crippen LogP contribution in [0.15, 0.2) is 36.4 Å². The van der Waals surface area contributed by atoms with Gasteiger partial charge in [0.05, 0.1) is 26.7 Å². The first-order chi connectivity index (χ1) is 12.0. The summed E-state index contributed by atoms with van der Waals surface area (Å²) >= 11 is 0. The molecule has 0 fully saturated rings. The Morgan fingerprint density at radius 3 is 2.36 bits per heavy atom. The molecule has 130 valence electrons. The van der Waals surface area contributed by atoms with Crippen molar-refractivity contribution in [2.24, 2.45) is 0 Å². The molecule has 0 aliphatic carbocycles. The van der Waals surface area contributed by atoms with Crippen molar-refractivity contribution in [2.45, 2.75) is 12.5 Å². The number of nitrogens with zero attached hydrogens (tertiary/aromatic N) is 1. The zero-order chi connectivity index (χ0) is 18.4. The van der Waals surface area contributed by atoms with E-state index in [-0.39, 0.29) is 12.0 Å². The van der Waals surface area contributed by atoms with Crippen molar-refractivity contribution >= 4 is 5.91 Å². The molecule has 25 heavy (non-hydrogen) atoms. The minimum absolute atomic E-state index is 0.107. The Morgan fingerprint density at radius 2 is 1.84 bits per heavy atom. The number of benzene rings is 2. The Bertz CT molecular complexity index is 796. The van der Waals surface area contributed by atoms with Gasteiger partial charge in [-0.25, -0.2) is 8.78 Å². The van der Waals surface area contributed by atoms with Gasteiger partial charge in [-0.3, -0.25) is 4.79 Å². The molecule has 0 unspecified atom stereocenters. The van der Waals surface area contributed by atoms with Gasteiger partial charge in [0.1, 0.15) is 29.2 Å². The summed E-state index contributed by atoms with van der Waals surface area (Å²) in [6.07, 6.45) is -0.131. The van der Waals surface area contributed by atoms with E-state index >= 15 is 0 Å². The standard InChI is InChI=1S/C18H16F2N2O3/c1-24-16-4-3-5-17(25-2)13(16)9-18(23)22-15(10-21)12-7-6-11(19)8-14(12)20/h3-8,15H,9H2,1-2H3,(H,22,23)/t15-/m1/s1. The molecule has 0 aromatic heterocycles. The van der Waals surface area contributed by atoms with Crippen molar-refractivity contribution in [2.75, 3.05) is 14.2 Å². The van der Waals surface area contributed by atoms with Gasteiger partial charge in [0, 0.05) is 17.2 Å². The molecule has 0 spiro atoms. The van der Waals surface area contributed by atoms with Crippen LogP contribution in [-0.2, 0) is 11.2 Å². The maximum Gasteiger partial charge on any atom is 0.225 e. The number of amides is 1. The minimum Gasteiger partial charge on any atom is -0.496 e. The van der Waals surface area contributed by atoms with Crippen molar-refractivity contribution in [3.05, 3.63) is 59.2 Å². The Morgan fingerprint density at radius 1 is 1.20 bits per heavy atom. The van der Waals surface area contributed by atoms with Crippen LogP contribution in [0.4, 0.5) is 8.78 Å². The third-order valence-corrected chi connectivity index (χ3v) is 3.58. The first-order valence-electron chi connectivity index (χ1n) is 7.34. The van der Waals surface area contributed by atoms with Crippen LogP contribution < -0.4 is 14.8 Å². The Labute approximate surface area is 143 Å². The predicted molar refractivity (Wildman–Crippen MR) is 86.1 cm³/mol. The second-order valence-corrected chi connectivity index (χ2v) is 5.11. The molecular weight excluding hydrogens is 330 g/mol. The quantitative estimate of drug-likeness (QED) is 0.873. The van der Waals surface area contributed by atoms with Gasteiger partial charge in [0.2, 0.25) is 5.91 Å². The number of rotatable bonds is 6. The van der Waals surface area contributed by atoms with E-state index in [2.05, 4.69) is 5.32 Å². The van der Waals surface area contributed by atoms with Crippen LogP contribution in [0.3, 0.4) is 0 Å². The lowest BCUT2D eigenvalue weighted by Crippen LogP contribution is -2.29. The van der Waals surface area contributed by atoms with Crippen LogP contribution in [0, 0.1) is 23.0 Å². The van der Waals surface area contributed by atoms with Crippen molar-refractivity contribution < 1.29 is 23.0 Å². The van der Waals surface area contributed by atoms with Gasteiger partial charge < -0.3 is 14.8 Å². The van der Waals surface area contributed by atoms with Crippen molar-refractivity contribution in [1.82, 2.24) is 5.32 Å². The molecule has 1 amide bonds. The molecule has 5 nitrogen and oxygen atoms in total. The van der Waals surface area contributed by atoms with Crippen LogP contribution >= 0.6 is 0 Å². The Kier molecular flexibility index (Phi) is 5.90. The van der Waals surface area contributed by atoms with E-state index in [0.29, 0.717) is 23.1 Å². The first-order valence-corrected chi connectivity index (χ1v) is 7.34. The number of nitrogens with one attached hydrogen (secondary N) is 1. The first kappa shape index (κ1) is 18.2. The monoisotopic (exact) mass is 346 g/mol. The smallest absolute Gasteiger partial charge is 0.225 e. The van der Waals surface area contributed by atoms with Crippen molar-refractivity contribution in [1.29, 1.82) is 5.26 Å². The van der Waals surface area contributed by atoms with E-state index in [9.17, 15) is 18.8 Å². The summed E-state index contributed by atoms with van der Waals surface area (Å²) in [6.45, 7) is 0. The largest absolute Gasteiger partial charge is 0.496 e. The molecule has 0 saturated heterocycles. The number of hydrogen-bond donors (Lipinski definition) is 1. The van der Waals surface area contributed by atoms with E-state index in [1.807, 2.05) is 0 Å². The van der Waals surface area contributed by atoms with E-state index in [1.165, 1.54) is 14.2 Å². The van der Waals surface area contributed by atoms with Crippen LogP contribution in [0.25, 0.3) is 0 Å². The normalized spacial score (nSPS) is 11.3. The van der Waals surface area contributed by atoms with Gasteiger partial charge in [-0.2, -0.15) is 5.26 Å². The predicted octanol–water partition coefficient (Wildman–Crippen LogP) is 2.91. The highest BCUT2D eigenvalue weighted by Gasteiger charge is 2.20. The number of nitriles is 1. The SMILES string of the molecule is COc1cccc(OC)c1CC(=O)N[C@H](C#N)c1ccc(F)cc1F. The van der Waals surface area contributed by atoms with Gasteiger partial charge in [0.25, 0.3) is 0 Å². The maximum atomic E-state index is 13.8. The number of ether oxygens (including phenoxy) is 2. The number of methoxy groups -OCH3 is 2. The Hall–Kier alpha value is -3.14. The molecule has 2 aromatic carbocycles. The van der Waals surface area contributed by atoms with Gasteiger partial charge in [-0.15, -0.1) is 0 Å². The van der Waals surface area contributed by atoms with E-state index in [0.717, 1.165) is 12.1 Å². The molecule has 2 aromatic rings. The topological polar surface area (TPSA) is 71.3 Å². The Balaban J connectivity index is 2.20. The lowest BCUT2D eigenvalue weighted by atomic mass is 10.1. The fourth-order valence-electron chi connectivity index (χ4n) is 2.39. The van der Waals surface area contributed by atoms with E-state index in [4.69, 9.17) is 9.47 Å². The number of carbonyl (C=O) groups excluding carboxylic acids is 1. The lowest BCUT2D eigenvalue weighted by Gasteiger charge is -2.15. The van der Waals surface area contributed by atoms with Crippen molar-refractivity contribution in [3.63, 3.8) is 0 Å². The van der Waals surface area contributed by atoms with Gasteiger partial charge in [-0.1, -0.05) is 12.1 Å². The summed E-state index contributed by atoms with van der Waals surface area (Å²) in [5, 5.41) is 11.6. The number of halogens is 2. The summed E-state index contributed by atoms with van der Waals surface area (Å²) in [5.74, 6) is -1.28. The summed E-state index contributed by atoms with van der Waals surface area (Å²) in [5.41, 5.74) is 0.394. The molecule has 0 radical (unpaired) electrons. The second-order valence-electron chi connectivity index (χ2n) is 5.11. The fourth-order valence-corrected chi connectivity index (χ4v) is 2.39. The zero-order valence-corrected chi connectivity index (χ0v) is 13.7. The summed E-state index contributed by atoms with van der Waals surface area (Å²) in [7, 11) is 2.92. The summed E-state index contributed by atoms with van der Waals surface area (Å²) in [6, 6.07) is 8.43. The summed E-state index contributed by atoms with van der Waals surface area (Å²) < 4.78 is 37.2. The number of hydrogen-bond acceptors (Lipinski definition) is 4. The van der Waals surface area contributed by atoms with Crippen LogP contribution in [0.5, 0.6) is 11.5 Å².